The van der Waals surface area contributed by atoms with Crippen molar-refractivity contribution in [3.05, 3.63) is 65.2 Å². The van der Waals surface area contributed by atoms with Crippen LogP contribution in [0.4, 0.5) is 0 Å². The number of carbonyl (C=O) groups is 2. The van der Waals surface area contributed by atoms with Crippen molar-refractivity contribution in [2.75, 3.05) is 32.8 Å². The Bertz CT molecular complexity index is 1130. The molecule has 7 heteroatoms. The van der Waals surface area contributed by atoms with E-state index < -0.39 is 0 Å². The minimum atomic E-state index is 0.0487. The standard InChI is InChI=1S/C35H50N4O3/c40-34(37-20-18-32-15-7-9-21-39(32)31-13-5-6-14-31)24-29-16-17-33-30(23-29)26-38(25-28-11-3-1-4-12-28)27-35(41)36-19-8-2-10-22-42-33/h1,3-4,11-12,16-17,23,31-32H,2,5-10,13-15,18-22,24-27H2,(H,36,41)(H,37,40). The van der Waals surface area contributed by atoms with Crippen molar-refractivity contribution < 1.29 is 14.3 Å². The summed E-state index contributed by atoms with van der Waals surface area (Å²) >= 11 is 0. The molecule has 2 heterocycles. The highest BCUT2D eigenvalue weighted by Gasteiger charge is 2.30. The van der Waals surface area contributed by atoms with Gasteiger partial charge in [-0.25, -0.2) is 0 Å². The highest BCUT2D eigenvalue weighted by molar-refractivity contribution is 5.79. The van der Waals surface area contributed by atoms with Gasteiger partial charge in [-0.1, -0.05) is 61.7 Å². The largest absolute Gasteiger partial charge is 0.493 e. The number of hydrogen-bond donors (Lipinski definition) is 2. The lowest BCUT2D eigenvalue weighted by Gasteiger charge is -2.40. The third kappa shape index (κ3) is 9.30. The lowest BCUT2D eigenvalue weighted by Crippen LogP contribution is -2.46. The molecule has 1 saturated heterocycles. The normalized spacial score (nSPS) is 21.7. The summed E-state index contributed by atoms with van der Waals surface area (Å²) in [5, 5.41) is 6.30. The highest BCUT2D eigenvalue weighted by Crippen LogP contribution is 2.30. The van der Waals surface area contributed by atoms with Gasteiger partial charge in [0.05, 0.1) is 19.6 Å². The Morgan fingerprint density at radius 3 is 2.60 bits per heavy atom. The van der Waals surface area contributed by atoms with Gasteiger partial charge >= 0.3 is 0 Å². The molecule has 0 bridgehead atoms. The zero-order valence-corrected chi connectivity index (χ0v) is 25.3. The number of amides is 2. The Balaban J connectivity index is 1.22. The minimum absolute atomic E-state index is 0.0487. The second-order valence-corrected chi connectivity index (χ2v) is 12.5. The van der Waals surface area contributed by atoms with Crippen molar-refractivity contribution in [2.24, 2.45) is 0 Å². The Kier molecular flexibility index (Phi) is 11.7. The number of rotatable bonds is 8. The summed E-state index contributed by atoms with van der Waals surface area (Å²) in [6.07, 6.45) is 13.6. The summed E-state index contributed by atoms with van der Waals surface area (Å²) in [7, 11) is 0. The van der Waals surface area contributed by atoms with E-state index in [1.54, 1.807) is 0 Å². The van der Waals surface area contributed by atoms with Gasteiger partial charge in [0.15, 0.2) is 0 Å². The molecular formula is C35H50N4O3. The van der Waals surface area contributed by atoms with Crippen molar-refractivity contribution >= 4 is 11.8 Å². The van der Waals surface area contributed by atoms with Crippen LogP contribution < -0.4 is 15.4 Å². The molecule has 1 atom stereocenters. The van der Waals surface area contributed by atoms with Crippen molar-refractivity contribution in [3.8, 4) is 5.75 Å². The van der Waals surface area contributed by atoms with Gasteiger partial charge in [0.1, 0.15) is 5.75 Å². The van der Waals surface area contributed by atoms with Crippen molar-refractivity contribution in [1.82, 2.24) is 20.4 Å². The number of benzene rings is 2. The topological polar surface area (TPSA) is 73.9 Å². The smallest absolute Gasteiger partial charge is 0.234 e. The van der Waals surface area contributed by atoms with E-state index >= 15 is 0 Å². The second-order valence-electron chi connectivity index (χ2n) is 12.5. The average Bonchev–Trinajstić information content (AvgIpc) is 3.53. The van der Waals surface area contributed by atoms with E-state index in [9.17, 15) is 9.59 Å². The first kappa shape index (κ1) is 30.6. The predicted molar refractivity (Wildman–Crippen MR) is 167 cm³/mol. The summed E-state index contributed by atoms with van der Waals surface area (Å²) in [5.41, 5.74) is 3.17. The Morgan fingerprint density at radius 2 is 1.74 bits per heavy atom. The molecule has 0 spiro atoms. The highest BCUT2D eigenvalue weighted by atomic mass is 16.5. The predicted octanol–water partition coefficient (Wildman–Crippen LogP) is 5.21. The monoisotopic (exact) mass is 574 g/mol. The first-order valence-corrected chi connectivity index (χ1v) is 16.4. The molecule has 2 aromatic carbocycles. The molecule has 2 aliphatic heterocycles. The second kappa shape index (κ2) is 16.1. The molecule has 1 unspecified atom stereocenters. The number of ether oxygens (including phenoxy) is 1. The Hall–Kier alpha value is -2.90. The lowest BCUT2D eigenvalue weighted by molar-refractivity contribution is -0.122. The number of fused-ring (bicyclic) bond motifs is 1. The van der Waals surface area contributed by atoms with Crippen LogP contribution in [0.1, 0.15) is 87.3 Å². The van der Waals surface area contributed by atoms with Crippen molar-refractivity contribution in [2.45, 2.75) is 102 Å². The number of piperidine rings is 1. The summed E-state index contributed by atoms with van der Waals surface area (Å²) < 4.78 is 6.23. The number of carbonyl (C=O) groups excluding carboxylic acids is 2. The van der Waals surface area contributed by atoms with Crippen LogP contribution in [0, 0.1) is 0 Å². The molecule has 2 aromatic rings. The van der Waals surface area contributed by atoms with E-state index in [2.05, 4.69) is 38.6 Å². The van der Waals surface area contributed by atoms with Crippen LogP contribution in [-0.4, -0.2) is 66.5 Å². The maximum absolute atomic E-state index is 13.0. The summed E-state index contributed by atoms with van der Waals surface area (Å²) in [4.78, 5) is 30.7. The molecule has 1 saturated carbocycles. The van der Waals surface area contributed by atoms with Crippen LogP contribution in [-0.2, 0) is 29.1 Å². The van der Waals surface area contributed by atoms with Gasteiger partial charge in [-0.3, -0.25) is 19.4 Å². The van der Waals surface area contributed by atoms with Gasteiger partial charge in [-0.05, 0) is 75.1 Å². The number of likely N-dealkylation sites (tertiary alicyclic amines) is 1. The van der Waals surface area contributed by atoms with Crippen LogP contribution >= 0.6 is 0 Å². The van der Waals surface area contributed by atoms with Gasteiger partial charge < -0.3 is 15.4 Å². The van der Waals surface area contributed by atoms with Crippen molar-refractivity contribution in [1.29, 1.82) is 0 Å². The van der Waals surface area contributed by atoms with Crippen LogP contribution in [0.15, 0.2) is 48.5 Å². The van der Waals surface area contributed by atoms with E-state index in [1.165, 1.54) is 51.5 Å². The molecule has 42 heavy (non-hydrogen) atoms. The lowest BCUT2D eigenvalue weighted by atomic mass is 9.96. The fourth-order valence-corrected chi connectivity index (χ4v) is 7.01. The molecule has 3 aliphatic rings. The van der Waals surface area contributed by atoms with E-state index in [0.29, 0.717) is 45.2 Å². The van der Waals surface area contributed by atoms with Gasteiger partial charge in [0.2, 0.25) is 11.8 Å². The fraction of sp³-hybridized carbons (Fsp3) is 0.600. The molecule has 2 amide bonds. The van der Waals surface area contributed by atoms with Crippen LogP contribution in [0.2, 0.25) is 0 Å². The van der Waals surface area contributed by atoms with E-state index in [4.69, 9.17) is 4.74 Å². The Morgan fingerprint density at radius 1 is 0.905 bits per heavy atom. The molecule has 0 aromatic heterocycles. The summed E-state index contributed by atoms with van der Waals surface area (Å²) in [6, 6.07) is 17.8. The molecule has 0 radical (unpaired) electrons. The zero-order chi connectivity index (χ0) is 29.0. The molecule has 2 fully saturated rings. The summed E-state index contributed by atoms with van der Waals surface area (Å²) in [5.74, 6) is 0.970. The molecule has 1 aliphatic carbocycles. The quantitative estimate of drug-likeness (QED) is 0.453. The molecular weight excluding hydrogens is 524 g/mol. The SMILES string of the molecule is O=C(Cc1ccc2c(c1)CN(Cc1ccccc1)CC(=O)NCCCCCO2)NCCC1CCCCN1C1CCCC1. The van der Waals surface area contributed by atoms with E-state index in [-0.39, 0.29) is 11.8 Å². The number of hydrogen-bond acceptors (Lipinski definition) is 5. The maximum Gasteiger partial charge on any atom is 0.234 e. The number of nitrogens with one attached hydrogen (secondary N) is 2. The van der Waals surface area contributed by atoms with Crippen LogP contribution in [0.3, 0.4) is 0 Å². The van der Waals surface area contributed by atoms with E-state index in [0.717, 1.165) is 60.7 Å². The first-order chi connectivity index (χ1) is 20.6. The first-order valence-electron chi connectivity index (χ1n) is 16.4. The van der Waals surface area contributed by atoms with E-state index in [1.807, 2.05) is 30.3 Å². The van der Waals surface area contributed by atoms with Gasteiger partial charge in [-0.15, -0.1) is 0 Å². The van der Waals surface area contributed by atoms with Crippen LogP contribution in [0.5, 0.6) is 5.75 Å². The molecule has 5 rings (SSSR count). The van der Waals surface area contributed by atoms with Gasteiger partial charge in [-0.2, -0.15) is 0 Å². The molecule has 2 N–H and O–H groups in total. The molecule has 7 nitrogen and oxygen atoms in total. The maximum atomic E-state index is 13.0. The third-order valence-electron chi connectivity index (χ3n) is 9.17. The summed E-state index contributed by atoms with van der Waals surface area (Å²) in [6.45, 7) is 4.87. The molecule has 228 valence electrons. The third-order valence-corrected chi connectivity index (χ3v) is 9.17. The van der Waals surface area contributed by atoms with Gasteiger partial charge in [0, 0.05) is 43.8 Å². The number of nitrogens with zero attached hydrogens (tertiary/aromatic N) is 2. The average molecular weight is 575 g/mol. The Labute approximate surface area is 252 Å². The fourth-order valence-electron chi connectivity index (χ4n) is 7.01. The van der Waals surface area contributed by atoms with Gasteiger partial charge in [0.25, 0.3) is 0 Å². The van der Waals surface area contributed by atoms with Crippen LogP contribution in [0.25, 0.3) is 0 Å². The van der Waals surface area contributed by atoms with Crippen molar-refractivity contribution in [3.63, 3.8) is 0 Å². The zero-order valence-electron chi connectivity index (χ0n) is 25.3. The minimum Gasteiger partial charge on any atom is -0.493 e.